The van der Waals surface area contributed by atoms with Gasteiger partial charge in [0.25, 0.3) is 0 Å². The van der Waals surface area contributed by atoms with Crippen LogP contribution in [-0.4, -0.2) is 59.6 Å². The Hall–Kier alpha value is -2.87. The van der Waals surface area contributed by atoms with Gasteiger partial charge in [-0.1, -0.05) is 38.3 Å². The highest BCUT2D eigenvalue weighted by atomic mass is 16.5. The van der Waals surface area contributed by atoms with Gasteiger partial charge in [-0.15, -0.1) is 0 Å². The molecule has 3 amide bonds. The molecular formula is C30H39N3O5. The summed E-state index contributed by atoms with van der Waals surface area (Å²) in [7, 11) is 1.59. The van der Waals surface area contributed by atoms with Crippen LogP contribution < -0.4 is 15.4 Å². The molecule has 38 heavy (non-hydrogen) atoms. The average molecular weight is 522 g/mol. The second kappa shape index (κ2) is 10.0. The summed E-state index contributed by atoms with van der Waals surface area (Å²) in [6.07, 6.45) is 12.4. The van der Waals surface area contributed by atoms with Crippen LogP contribution in [-0.2, 0) is 19.1 Å². The van der Waals surface area contributed by atoms with Gasteiger partial charge in [-0.2, -0.15) is 0 Å². The highest BCUT2D eigenvalue weighted by molar-refractivity contribution is 6.03. The normalized spacial score (nSPS) is 36.3. The molecule has 1 aromatic rings. The lowest BCUT2D eigenvalue weighted by Crippen LogP contribution is -2.58. The second-order valence-corrected chi connectivity index (χ2v) is 11.9. The Morgan fingerprint density at radius 3 is 2.39 bits per heavy atom. The molecule has 6 rings (SSSR count). The first kappa shape index (κ1) is 25.4. The zero-order chi connectivity index (χ0) is 26.4. The Morgan fingerprint density at radius 2 is 1.71 bits per heavy atom. The van der Waals surface area contributed by atoms with E-state index in [2.05, 4.69) is 17.6 Å². The maximum atomic E-state index is 14.2. The lowest BCUT2D eigenvalue weighted by atomic mass is 9.74. The molecule has 3 heterocycles. The maximum absolute atomic E-state index is 14.2. The number of hydrogen-bond acceptors (Lipinski definition) is 5. The number of carbonyl (C=O) groups excluding carboxylic acids is 3. The molecule has 0 unspecified atom stereocenters. The quantitative estimate of drug-likeness (QED) is 0.555. The molecular weight excluding hydrogens is 482 g/mol. The minimum absolute atomic E-state index is 0.0119. The SMILES string of the molecule is COc1ccc(NC(=O)[C@H]2[C@@H]3C=C[C@]4(O3)[C@@H]2C(=O)N(C2CCC(C)CC2)[C@@H]4C(=O)NC2CCCCC2)cc1. The van der Waals surface area contributed by atoms with Crippen LogP contribution in [0.3, 0.4) is 0 Å². The number of ether oxygens (including phenoxy) is 2. The third-order valence-electron chi connectivity index (χ3n) is 9.55. The topological polar surface area (TPSA) is 97.0 Å². The molecule has 2 bridgehead atoms. The number of fused-ring (bicyclic) bond motifs is 1. The van der Waals surface area contributed by atoms with Crippen LogP contribution in [0.1, 0.15) is 64.7 Å². The third-order valence-corrected chi connectivity index (χ3v) is 9.55. The third kappa shape index (κ3) is 4.21. The van der Waals surface area contributed by atoms with Gasteiger partial charge in [0.15, 0.2) is 0 Å². The molecule has 3 aliphatic heterocycles. The first-order chi connectivity index (χ1) is 18.4. The maximum Gasteiger partial charge on any atom is 0.246 e. The molecule has 2 N–H and O–H groups in total. The Labute approximate surface area is 224 Å². The summed E-state index contributed by atoms with van der Waals surface area (Å²) < 4.78 is 11.7. The lowest BCUT2D eigenvalue weighted by Gasteiger charge is -2.40. The van der Waals surface area contributed by atoms with Gasteiger partial charge in [0.1, 0.15) is 17.4 Å². The molecule has 1 aromatic carbocycles. The first-order valence-corrected chi connectivity index (χ1v) is 14.4. The number of benzene rings is 1. The molecule has 0 aromatic heterocycles. The molecule has 5 atom stereocenters. The Kier molecular flexibility index (Phi) is 6.70. The fraction of sp³-hybridized carbons (Fsp3) is 0.633. The van der Waals surface area contributed by atoms with Crippen molar-refractivity contribution in [1.82, 2.24) is 10.2 Å². The van der Waals surface area contributed by atoms with E-state index in [9.17, 15) is 14.4 Å². The summed E-state index contributed by atoms with van der Waals surface area (Å²) in [5, 5.41) is 6.27. The fourth-order valence-electron chi connectivity index (χ4n) is 7.55. The standard InChI is InChI=1S/C30H39N3O5/c1-18-8-12-21(13-9-18)33-26(28(35)32-19-6-4-3-5-7-19)30-17-16-23(38-30)24(25(30)29(33)36)27(34)31-20-10-14-22(37-2)15-11-20/h10-11,14-19,21,23-26H,3-9,12-13H2,1-2H3,(H,31,34)(H,32,35)/t18?,21?,23-,24-,25-,26+,30-/m0/s1. The van der Waals surface area contributed by atoms with Gasteiger partial charge in [0, 0.05) is 17.8 Å². The second-order valence-electron chi connectivity index (χ2n) is 11.9. The van der Waals surface area contributed by atoms with E-state index in [1.54, 1.807) is 31.4 Å². The average Bonchev–Trinajstić information content (AvgIpc) is 3.57. The molecule has 0 radical (unpaired) electrons. The van der Waals surface area contributed by atoms with E-state index in [1.807, 2.05) is 17.1 Å². The lowest BCUT2D eigenvalue weighted by molar-refractivity contribution is -0.145. The van der Waals surface area contributed by atoms with Crippen molar-refractivity contribution in [3.63, 3.8) is 0 Å². The summed E-state index contributed by atoms with van der Waals surface area (Å²) in [5.41, 5.74) is -0.474. The number of nitrogens with one attached hydrogen (secondary N) is 2. The van der Waals surface area contributed by atoms with Gasteiger partial charge in [-0.25, -0.2) is 0 Å². The molecule has 8 heteroatoms. The first-order valence-electron chi connectivity index (χ1n) is 14.4. The number of likely N-dealkylation sites (tertiary alicyclic amines) is 1. The molecule has 2 aliphatic carbocycles. The Bertz CT molecular complexity index is 1110. The Balaban J connectivity index is 1.30. The van der Waals surface area contributed by atoms with E-state index in [0.717, 1.165) is 51.4 Å². The van der Waals surface area contributed by atoms with Crippen molar-refractivity contribution >= 4 is 23.4 Å². The van der Waals surface area contributed by atoms with Gasteiger partial charge >= 0.3 is 0 Å². The summed E-state index contributed by atoms with van der Waals surface area (Å²) in [6.45, 7) is 2.25. The van der Waals surface area contributed by atoms with Gasteiger partial charge < -0.3 is 25.0 Å². The van der Waals surface area contributed by atoms with Crippen LogP contribution >= 0.6 is 0 Å². The summed E-state index contributed by atoms with van der Waals surface area (Å²) in [4.78, 5) is 43.7. The number of rotatable bonds is 6. The fourth-order valence-corrected chi connectivity index (χ4v) is 7.55. The van der Waals surface area contributed by atoms with Crippen molar-refractivity contribution in [2.75, 3.05) is 12.4 Å². The van der Waals surface area contributed by atoms with Crippen LogP contribution in [0.2, 0.25) is 0 Å². The summed E-state index contributed by atoms with van der Waals surface area (Å²) in [5.74, 6) is -0.586. The van der Waals surface area contributed by atoms with Gasteiger partial charge in [0.05, 0.1) is 25.0 Å². The molecule has 204 valence electrons. The minimum atomic E-state index is -1.11. The largest absolute Gasteiger partial charge is 0.497 e. The van der Waals surface area contributed by atoms with Crippen LogP contribution in [0.4, 0.5) is 5.69 Å². The highest BCUT2D eigenvalue weighted by Crippen LogP contribution is 2.56. The highest BCUT2D eigenvalue weighted by Gasteiger charge is 2.73. The molecule has 2 saturated carbocycles. The number of anilines is 1. The minimum Gasteiger partial charge on any atom is -0.497 e. The van der Waals surface area contributed by atoms with Gasteiger partial charge in [0.2, 0.25) is 17.7 Å². The predicted molar refractivity (Wildman–Crippen MR) is 142 cm³/mol. The van der Waals surface area contributed by atoms with E-state index < -0.39 is 29.6 Å². The van der Waals surface area contributed by atoms with Crippen LogP contribution in [0.5, 0.6) is 5.75 Å². The molecule has 2 saturated heterocycles. The van der Waals surface area contributed by atoms with Gasteiger partial charge in [-0.05, 0) is 68.7 Å². The van der Waals surface area contributed by atoms with Gasteiger partial charge in [-0.3, -0.25) is 14.4 Å². The number of methoxy groups -OCH3 is 1. The molecule has 8 nitrogen and oxygen atoms in total. The number of carbonyl (C=O) groups is 3. The van der Waals surface area contributed by atoms with E-state index in [1.165, 1.54) is 6.42 Å². The Morgan fingerprint density at radius 1 is 1.00 bits per heavy atom. The number of hydrogen-bond donors (Lipinski definition) is 2. The number of nitrogens with zero attached hydrogens (tertiary/aromatic N) is 1. The summed E-state index contributed by atoms with van der Waals surface area (Å²) in [6, 6.07) is 6.50. The van der Waals surface area contributed by atoms with Crippen molar-refractivity contribution in [2.45, 2.75) is 94.5 Å². The van der Waals surface area contributed by atoms with E-state index >= 15 is 0 Å². The van der Waals surface area contributed by atoms with Crippen LogP contribution in [0.25, 0.3) is 0 Å². The van der Waals surface area contributed by atoms with Crippen molar-refractivity contribution < 1.29 is 23.9 Å². The zero-order valence-electron chi connectivity index (χ0n) is 22.4. The smallest absolute Gasteiger partial charge is 0.246 e. The zero-order valence-corrected chi connectivity index (χ0v) is 22.4. The number of amides is 3. The molecule has 5 aliphatic rings. The van der Waals surface area contributed by atoms with Crippen molar-refractivity contribution in [1.29, 1.82) is 0 Å². The van der Waals surface area contributed by atoms with Crippen molar-refractivity contribution in [3.8, 4) is 5.75 Å². The predicted octanol–water partition coefficient (Wildman–Crippen LogP) is 3.81. The van der Waals surface area contributed by atoms with E-state index in [-0.39, 0.29) is 29.8 Å². The van der Waals surface area contributed by atoms with E-state index in [4.69, 9.17) is 9.47 Å². The summed E-state index contributed by atoms with van der Waals surface area (Å²) >= 11 is 0. The molecule has 4 fully saturated rings. The van der Waals surface area contributed by atoms with Crippen molar-refractivity contribution in [2.24, 2.45) is 17.8 Å². The van der Waals surface area contributed by atoms with Crippen molar-refractivity contribution in [3.05, 3.63) is 36.4 Å². The van der Waals surface area contributed by atoms with Crippen LogP contribution in [0, 0.1) is 17.8 Å². The monoisotopic (exact) mass is 521 g/mol. The van der Waals surface area contributed by atoms with E-state index in [0.29, 0.717) is 17.4 Å². The molecule has 1 spiro atoms. The van der Waals surface area contributed by atoms with Crippen LogP contribution in [0.15, 0.2) is 36.4 Å².